The number of fused-ring (bicyclic) bond motifs is 1. The van der Waals surface area contributed by atoms with Gasteiger partial charge < -0.3 is 15.1 Å². The summed E-state index contributed by atoms with van der Waals surface area (Å²) >= 11 is 0. The minimum absolute atomic E-state index is 0.0698. The van der Waals surface area contributed by atoms with E-state index >= 15 is 0 Å². The van der Waals surface area contributed by atoms with Gasteiger partial charge in [0.25, 0.3) is 5.91 Å². The third kappa shape index (κ3) is 4.14. The second kappa shape index (κ2) is 8.59. The molecule has 1 fully saturated rings. The zero-order chi connectivity index (χ0) is 22.9. The number of anilines is 2. The molecule has 3 aromatic heterocycles. The second-order valence-corrected chi connectivity index (χ2v) is 8.31. The molecule has 1 atom stereocenters. The molecule has 1 aromatic carbocycles. The molecule has 1 aliphatic rings. The van der Waals surface area contributed by atoms with Crippen molar-refractivity contribution in [3.05, 3.63) is 72.4 Å². The molecule has 0 saturated carbocycles. The van der Waals surface area contributed by atoms with Gasteiger partial charge >= 0.3 is 0 Å². The van der Waals surface area contributed by atoms with Crippen LogP contribution in [0.25, 0.3) is 17.0 Å². The third-order valence-electron chi connectivity index (χ3n) is 5.97. The van der Waals surface area contributed by atoms with E-state index in [4.69, 9.17) is 0 Å². The summed E-state index contributed by atoms with van der Waals surface area (Å²) < 4.78 is 16.8. The predicted octanol–water partition coefficient (Wildman–Crippen LogP) is 3.45. The first-order valence-electron chi connectivity index (χ1n) is 10.8. The van der Waals surface area contributed by atoms with E-state index in [-0.39, 0.29) is 11.5 Å². The molecule has 4 aromatic rings. The van der Waals surface area contributed by atoms with Crippen LogP contribution in [-0.2, 0) is 0 Å². The van der Waals surface area contributed by atoms with E-state index in [0.29, 0.717) is 36.5 Å². The fourth-order valence-corrected chi connectivity index (χ4v) is 4.10. The highest BCUT2D eigenvalue weighted by molar-refractivity contribution is 5.95. The van der Waals surface area contributed by atoms with Crippen molar-refractivity contribution in [1.82, 2.24) is 29.2 Å². The van der Waals surface area contributed by atoms with Gasteiger partial charge in [0, 0.05) is 37.2 Å². The van der Waals surface area contributed by atoms with Gasteiger partial charge in [-0.15, -0.1) is 0 Å². The summed E-state index contributed by atoms with van der Waals surface area (Å²) in [6, 6.07) is 12.3. The summed E-state index contributed by atoms with van der Waals surface area (Å²) in [6.07, 6.45) is 6.19. The lowest BCUT2D eigenvalue weighted by atomic mass is 10.1. The van der Waals surface area contributed by atoms with Crippen LogP contribution in [-0.4, -0.2) is 68.3 Å². The first-order valence-corrected chi connectivity index (χ1v) is 10.8. The topological polar surface area (TPSA) is 78.7 Å². The van der Waals surface area contributed by atoms with Gasteiger partial charge in [0.1, 0.15) is 11.5 Å². The van der Waals surface area contributed by atoms with Crippen molar-refractivity contribution >= 4 is 23.2 Å². The molecule has 1 amide bonds. The number of halogens is 1. The number of rotatable bonds is 5. The average Bonchev–Trinajstić information content (AvgIpc) is 3.47. The lowest BCUT2D eigenvalue weighted by Gasteiger charge is -2.20. The van der Waals surface area contributed by atoms with Crippen LogP contribution < -0.4 is 5.32 Å². The number of likely N-dealkylation sites (N-methyl/N-ethyl adjacent to an activating group) is 1. The van der Waals surface area contributed by atoms with E-state index in [1.54, 1.807) is 29.4 Å². The fraction of sp³-hybridized carbons (Fsp3) is 0.250. The molecule has 0 radical (unpaired) electrons. The first-order chi connectivity index (χ1) is 16.0. The lowest BCUT2D eigenvalue weighted by Crippen LogP contribution is -2.34. The maximum absolute atomic E-state index is 14.8. The molecule has 0 aliphatic carbocycles. The highest BCUT2D eigenvalue weighted by Crippen LogP contribution is 2.23. The van der Waals surface area contributed by atoms with Crippen molar-refractivity contribution in [2.45, 2.75) is 12.5 Å². The van der Waals surface area contributed by atoms with Gasteiger partial charge in [-0.05, 0) is 56.9 Å². The largest absolute Gasteiger partial charge is 0.337 e. The molecule has 0 unspecified atom stereocenters. The number of carbonyl (C=O) groups excluding carboxylic acids is 1. The monoisotopic (exact) mass is 445 g/mol. The van der Waals surface area contributed by atoms with Gasteiger partial charge in [0.2, 0.25) is 5.95 Å². The Kier molecular flexibility index (Phi) is 5.47. The Labute approximate surface area is 190 Å². The van der Waals surface area contributed by atoms with Crippen LogP contribution in [0.15, 0.2) is 61.1 Å². The number of hydrogen-bond donors (Lipinski definition) is 1. The molecule has 0 spiro atoms. The van der Waals surface area contributed by atoms with Gasteiger partial charge in [0.15, 0.2) is 0 Å². The van der Waals surface area contributed by atoms with Crippen molar-refractivity contribution in [1.29, 1.82) is 0 Å². The molecule has 4 heterocycles. The van der Waals surface area contributed by atoms with E-state index in [9.17, 15) is 9.18 Å². The number of hydrogen-bond acceptors (Lipinski definition) is 6. The van der Waals surface area contributed by atoms with Gasteiger partial charge in [-0.1, -0.05) is 6.07 Å². The van der Waals surface area contributed by atoms with E-state index in [2.05, 4.69) is 25.2 Å². The minimum Gasteiger partial charge on any atom is -0.337 e. The summed E-state index contributed by atoms with van der Waals surface area (Å²) in [4.78, 5) is 29.8. The van der Waals surface area contributed by atoms with Gasteiger partial charge in [-0.2, -0.15) is 0 Å². The molecule has 8 nitrogen and oxygen atoms in total. The quantitative estimate of drug-likeness (QED) is 0.507. The highest BCUT2D eigenvalue weighted by atomic mass is 19.1. The number of imidazole rings is 1. The zero-order valence-corrected chi connectivity index (χ0v) is 18.4. The van der Waals surface area contributed by atoms with Crippen molar-refractivity contribution in [3.8, 4) is 11.4 Å². The number of likely N-dealkylation sites (tertiary alicyclic amines) is 1. The highest BCUT2D eigenvalue weighted by Gasteiger charge is 2.29. The maximum Gasteiger partial charge on any atom is 0.256 e. The summed E-state index contributed by atoms with van der Waals surface area (Å²) in [7, 11) is 3.98. The fourth-order valence-electron chi connectivity index (χ4n) is 4.10. The van der Waals surface area contributed by atoms with E-state index < -0.39 is 5.82 Å². The number of amides is 1. The smallest absolute Gasteiger partial charge is 0.256 e. The molecule has 33 heavy (non-hydrogen) atoms. The molecule has 1 aliphatic heterocycles. The van der Waals surface area contributed by atoms with Crippen LogP contribution in [0.3, 0.4) is 0 Å². The second-order valence-electron chi connectivity index (χ2n) is 8.31. The Morgan fingerprint density at radius 3 is 2.85 bits per heavy atom. The van der Waals surface area contributed by atoms with Crippen LogP contribution in [0.5, 0.6) is 0 Å². The van der Waals surface area contributed by atoms with Crippen LogP contribution in [0.4, 0.5) is 16.0 Å². The number of pyridine rings is 1. The van der Waals surface area contributed by atoms with E-state index in [1.807, 2.05) is 42.9 Å². The number of nitrogens with one attached hydrogen (secondary N) is 1. The summed E-state index contributed by atoms with van der Waals surface area (Å²) in [6.45, 7) is 1.24. The van der Waals surface area contributed by atoms with E-state index in [1.165, 1.54) is 12.1 Å². The first kappa shape index (κ1) is 21.0. The van der Waals surface area contributed by atoms with Crippen LogP contribution >= 0.6 is 0 Å². The maximum atomic E-state index is 14.8. The predicted molar refractivity (Wildman–Crippen MR) is 124 cm³/mol. The van der Waals surface area contributed by atoms with Crippen LogP contribution in [0, 0.1) is 5.82 Å². The number of benzene rings is 1. The number of aromatic nitrogens is 4. The molecule has 0 bridgehead atoms. The minimum atomic E-state index is -0.573. The normalized spacial score (nSPS) is 16.0. The van der Waals surface area contributed by atoms with Crippen molar-refractivity contribution in [2.24, 2.45) is 0 Å². The van der Waals surface area contributed by atoms with Gasteiger partial charge in [-0.25, -0.2) is 19.3 Å². The Balaban J connectivity index is 1.34. The zero-order valence-electron chi connectivity index (χ0n) is 18.4. The lowest BCUT2D eigenvalue weighted by molar-refractivity contribution is 0.0778. The van der Waals surface area contributed by atoms with Gasteiger partial charge in [0.05, 0.1) is 23.1 Å². The summed E-state index contributed by atoms with van der Waals surface area (Å²) in [5.41, 5.74) is 2.86. The van der Waals surface area contributed by atoms with Gasteiger partial charge in [-0.3, -0.25) is 9.20 Å². The van der Waals surface area contributed by atoms with Crippen LogP contribution in [0.1, 0.15) is 16.8 Å². The standard InChI is InChI=1S/C24H24FN7O/c1-30(2)17-9-12-31(15-17)23(33)18-7-6-16(13-19(18)25)28-24-26-10-8-20(29-24)21-14-27-22-5-3-4-11-32(21)22/h3-8,10-11,13-14,17H,9,12,15H2,1-2H3,(H,26,28,29)/t17-/m0/s1. The van der Waals surface area contributed by atoms with Crippen molar-refractivity contribution in [3.63, 3.8) is 0 Å². The Morgan fingerprint density at radius 2 is 2.06 bits per heavy atom. The molecular formula is C24H24FN7O. The third-order valence-corrected chi connectivity index (χ3v) is 5.97. The molecular weight excluding hydrogens is 421 g/mol. The Morgan fingerprint density at radius 1 is 1.18 bits per heavy atom. The Hall–Kier alpha value is -3.85. The molecule has 168 valence electrons. The molecule has 9 heteroatoms. The SMILES string of the molecule is CN(C)[C@H]1CCN(C(=O)c2ccc(Nc3nccc(-c4cnc5ccccn45)n3)cc2F)C1. The van der Waals surface area contributed by atoms with Crippen molar-refractivity contribution < 1.29 is 9.18 Å². The molecule has 1 saturated heterocycles. The summed E-state index contributed by atoms with van der Waals surface area (Å²) in [5, 5.41) is 3.03. The number of nitrogens with zero attached hydrogens (tertiary/aromatic N) is 6. The van der Waals surface area contributed by atoms with Crippen LogP contribution in [0.2, 0.25) is 0 Å². The molecule has 5 rings (SSSR count). The number of carbonyl (C=O) groups is 1. The van der Waals surface area contributed by atoms with E-state index in [0.717, 1.165) is 17.8 Å². The Bertz CT molecular complexity index is 1320. The van der Waals surface area contributed by atoms with Crippen molar-refractivity contribution in [2.75, 3.05) is 32.5 Å². The average molecular weight is 446 g/mol. The molecule has 1 N–H and O–H groups in total. The summed E-state index contributed by atoms with van der Waals surface area (Å²) in [5.74, 6) is -0.532.